The molecular formula is C24H39NaO6S. The van der Waals surface area contributed by atoms with E-state index in [1.165, 1.54) is 50.3 Å². The van der Waals surface area contributed by atoms with E-state index in [1.54, 1.807) is 0 Å². The van der Waals surface area contributed by atoms with E-state index in [-0.39, 0.29) is 58.8 Å². The van der Waals surface area contributed by atoms with Crippen molar-refractivity contribution in [2.75, 3.05) is 13.2 Å². The van der Waals surface area contributed by atoms with Crippen LogP contribution in [0.4, 0.5) is 0 Å². The second kappa shape index (κ2) is 19.6. The van der Waals surface area contributed by atoms with Crippen molar-refractivity contribution in [3.8, 4) is 0 Å². The molecule has 0 saturated heterocycles. The van der Waals surface area contributed by atoms with E-state index in [2.05, 4.69) is 13.8 Å². The Hall–Kier alpha value is -0.890. The molecule has 1 aromatic carbocycles. The Morgan fingerprint density at radius 2 is 1.12 bits per heavy atom. The molecule has 0 heterocycles. The van der Waals surface area contributed by atoms with Crippen LogP contribution in [-0.2, 0) is 20.2 Å². The van der Waals surface area contributed by atoms with Gasteiger partial charge in [0.05, 0.1) is 29.2 Å². The molecule has 0 aliphatic carbocycles. The van der Waals surface area contributed by atoms with Crippen LogP contribution in [0, 0.1) is 0 Å². The minimum atomic E-state index is -2.87. The molecule has 8 heteroatoms. The summed E-state index contributed by atoms with van der Waals surface area (Å²) < 4.78 is 33.3. The summed E-state index contributed by atoms with van der Waals surface area (Å²) in [6.07, 6.45) is 12.7. The maximum absolute atomic E-state index is 12.5. The third-order valence-electron chi connectivity index (χ3n) is 5.12. The van der Waals surface area contributed by atoms with Crippen LogP contribution >= 0.6 is 0 Å². The van der Waals surface area contributed by atoms with Gasteiger partial charge in [-0.25, -0.2) is 18.0 Å². The molecule has 0 aliphatic heterocycles. The van der Waals surface area contributed by atoms with Gasteiger partial charge in [-0.1, -0.05) is 78.1 Å². The van der Waals surface area contributed by atoms with Crippen molar-refractivity contribution in [1.29, 1.82) is 0 Å². The zero-order chi connectivity index (χ0) is 22.9. The van der Waals surface area contributed by atoms with E-state index in [4.69, 9.17) is 9.47 Å². The second-order valence-corrected chi connectivity index (χ2v) is 8.82. The third-order valence-corrected chi connectivity index (χ3v) is 5.82. The summed E-state index contributed by atoms with van der Waals surface area (Å²) in [5.74, 6) is -1.33. The minimum absolute atomic E-state index is 0. The van der Waals surface area contributed by atoms with Crippen molar-refractivity contribution in [3.05, 3.63) is 29.3 Å². The van der Waals surface area contributed by atoms with Crippen LogP contribution < -0.4 is 0 Å². The number of hydrogen-bond donors (Lipinski definition) is 1. The molecule has 0 spiro atoms. The Morgan fingerprint density at radius 1 is 0.688 bits per heavy atom. The third kappa shape index (κ3) is 13.0. The molecule has 1 rings (SSSR count). The van der Waals surface area contributed by atoms with Crippen molar-refractivity contribution in [2.24, 2.45) is 0 Å². The van der Waals surface area contributed by atoms with Crippen molar-refractivity contribution < 1.29 is 27.5 Å². The zero-order valence-corrected chi connectivity index (χ0v) is 19.9. The number of hydrogen-bond acceptors (Lipinski definition) is 6. The molecule has 1 aromatic rings. The Bertz CT molecular complexity index is 740. The summed E-state index contributed by atoms with van der Waals surface area (Å²) in [5.41, 5.74) is -0.0184. The standard InChI is InChI=1S/C24H38O6S.Na.H/c1-3-5-7-9-11-13-17-29-23(25)21-16-15-20(31(27)28)19-22(21)24(26)30-18-14-12-10-8-6-4-2;;/h15-16,19,31H,3-14,17-18H2,1-2H3;;. The van der Waals surface area contributed by atoms with Crippen LogP contribution in [0.3, 0.4) is 0 Å². The molecule has 0 N–H and O–H groups in total. The molecule has 0 amide bonds. The van der Waals surface area contributed by atoms with Gasteiger partial charge in [-0.05, 0) is 31.0 Å². The molecular weight excluding hydrogens is 439 g/mol. The number of carbonyl (C=O) groups excluding carboxylic acids is 2. The van der Waals surface area contributed by atoms with Crippen LogP contribution in [-0.4, -0.2) is 63.1 Å². The van der Waals surface area contributed by atoms with Gasteiger partial charge in [0.25, 0.3) is 0 Å². The quantitative estimate of drug-likeness (QED) is 0.146. The fraction of sp³-hybridized carbons (Fsp3) is 0.667. The van der Waals surface area contributed by atoms with Gasteiger partial charge < -0.3 is 9.47 Å². The Kier molecular flexibility index (Phi) is 19.0. The molecule has 32 heavy (non-hydrogen) atoms. The molecule has 0 radical (unpaired) electrons. The molecule has 0 atom stereocenters. The summed E-state index contributed by atoms with van der Waals surface area (Å²) in [6.45, 7) is 4.83. The molecule has 178 valence electrons. The van der Waals surface area contributed by atoms with Crippen LogP contribution in [0.5, 0.6) is 0 Å². The number of carbonyl (C=O) groups is 2. The van der Waals surface area contributed by atoms with Crippen LogP contribution in [0.25, 0.3) is 0 Å². The first kappa shape index (κ1) is 31.1. The first-order chi connectivity index (χ1) is 15.0. The van der Waals surface area contributed by atoms with E-state index >= 15 is 0 Å². The first-order valence-electron chi connectivity index (χ1n) is 11.6. The molecule has 0 saturated carbocycles. The number of rotatable bonds is 17. The maximum atomic E-state index is 12.5. The van der Waals surface area contributed by atoms with Crippen molar-refractivity contribution in [3.63, 3.8) is 0 Å². The van der Waals surface area contributed by atoms with Gasteiger partial charge in [-0.3, -0.25) is 0 Å². The predicted octanol–water partition coefficient (Wildman–Crippen LogP) is 5.04. The van der Waals surface area contributed by atoms with Crippen LogP contribution in [0.1, 0.15) is 112 Å². The first-order valence-corrected chi connectivity index (χ1v) is 12.8. The Balaban J connectivity index is 0.00000961. The number of benzene rings is 1. The fourth-order valence-electron chi connectivity index (χ4n) is 3.24. The molecule has 6 nitrogen and oxygen atoms in total. The second-order valence-electron chi connectivity index (χ2n) is 7.79. The topological polar surface area (TPSA) is 86.7 Å². The molecule has 0 fully saturated rings. The summed E-state index contributed by atoms with van der Waals surface area (Å²) in [5, 5.41) is 0. The van der Waals surface area contributed by atoms with Crippen molar-refractivity contribution in [2.45, 2.75) is 95.8 Å². The average molecular weight is 479 g/mol. The summed E-state index contributed by atoms with van der Waals surface area (Å²) >= 11 is 0. The predicted molar refractivity (Wildman–Crippen MR) is 129 cm³/mol. The van der Waals surface area contributed by atoms with Crippen LogP contribution in [0.2, 0.25) is 0 Å². The van der Waals surface area contributed by atoms with Gasteiger partial charge >= 0.3 is 41.5 Å². The van der Waals surface area contributed by atoms with E-state index in [0.717, 1.165) is 44.9 Å². The molecule has 0 unspecified atom stereocenters. The Morgan fingerprint density at radius 3 is 1.59 bits per heavy atom. The van der Waals surface area contributed by atoms with Crippen molar-refractivity contribution >= 4 is 52.2 Å². The molecule has 0 bridgehead atoms. The normalized spacial score (nSPS) is 10.6. The van der Waals surface area contributed by atoms with Gasteiger partial charge in [-0.15, -0.1) is 0 Å². The number of thiol groups is 1. The average Bonchev–Trinajstić information content (AvgIpc) is 2.77. The van der Waals surface area contributed by atoms with E-state index in [1.807, 2.05) is 0 Å². The van der Waals surface area contributed by atoms with Gasteiger partial charge in [-0.2, -0.15) is 0 Å². The summed E-state index contributed by atoms with van der Waals surface area (Å²) in [4.78, 5) is 25.0. The van der Waals surface area contributed by atoms with Gasteiger partial charge in [0.2, 0.25) is 0 Å². The van der Waals surface area contributed by atoms with Gasteiger partial charge in [0, 0.05) is 0 Å². The van der Waals surface area contributed by atoms with Gasteiger partial charge in [0.15, 0.2) is 10.7 Å². The Labute approximate surface area is 217 Å². The summed E-state index contributed by atoms with van der Waals surface area (Å²) in [6, 6.07) is 3.82. The monoisotopic (exact) mass is 478 g/mol. The van der Waals surface area contributed by atoms with Crippen LogP contribution in [0.15, 0.2) is 23.1 Å². The van der Waals surface area contributed by atoms with E-state index in [0.29, 0.717) is 0 Å². The number of ether oxygens (including phenoxy) is 2. The fourth-order valence-corrected chi connectivity index (χ4v) is 3.67. The number of esters is 2. The molecule has 0 aromatic heterocycles. The van der Waals surface area contributed by atoms with E-state index < -0.39 is 22.6 Å². The summed E-state index contributed by atoms with van der Waals surface area (Å²) in [7, 11) is -2.87. The SMILES string of the molecule is CCCCCCCCOC(=O)c1ccc([SH](=O)=O)cc1C(=O)OCCCCCCCC.[NaH]. The van der Waals surface area contributed by atoms with Gasteiger partial charge in [0.1, 0.15) is 0 Å². The van der Waals surface area contributed by atoms with E-state index in [9.17, 15) is 18.0 Å². The number of unbranched alkanes of at least 4 members (excludes halogenated alkanes) is 10. The molecule has 0 aliphatic rings. The van der Waals surface area contributed by atoms with Crippen molar-refractivity contribution in [1.82, 2.24) is 0 Å². The zero-order valence-electron chi connectivity index (χ0n) is 19.0.